The third kappa shape index (κ3) is 6.99. The highest BCUT2D eigenvalue weighted by molar-refractivity contribution is 5.68. The largest absolute Gasteiger partial charge is 0.444 e. The van der Waals surface area contributed by atoms with E-state index >= 15 is 0 Å². The van der Waals surface area contributed by atoms with Gasteiger partial charge in [0.05, 0.1) is 0 Å². The molecule has 1 amide bonds. The molecule has 0 bridgehead atoms. The Kier molecular flexibility index (Phi) is 6.38. The zero-order valence-corrected chi connectivity index (χ0v) is 14.4. The van der Waals surface area contributed by atoms with Gasteiger partial charge in [0.25, 0.3) is 0 Å². The minimum atomic E-state index is -0.447. The van der Waals surface area contributed by atoms with Gasteiger partial charge < -0.3 is 15.4 Å². The van der Waals surface area contributed by atoms with E-state index in [0.717, 1.165) is 50.9 Å². The van der Waals surface area contributed by atoms with Crippen molar-refractivity contribution >= 4 is 6.09 Å². The van der Waals surface area contributed by atoms with Gasteiger partial charge in [0.15, 0.2) is 0 Å². The van der Waals surface area contributed by atoms with Crippen LogP contribution in [0.2, 0.25) is 0 Å². The zero-order valence-electron chi connectivity index (χ0n) is 14.4. The fourth-order valence-corrected chi connectivity index (χ4v) is 2.89. The molecular weight excluding hydrogens is 294 g/mol. The van der Waals surface area contributed by atoms with E-state index < -0.39 is 5.60 Å². The van der Waals surface area contributed by atoms with Crippen molar-refractivity contribution in [3.8, 4) is 0 Å². The Morgan fingerprint density at radius 2 is 2.17 bits per heavy atom. The molecule has 130 valence electrons. The van der Waals surface area contributed by atoms with Crippen molar-refractivity contribution in [1.82, 2.24) is 25.8 Å². The molecule has 1 fully saturated rings. The van der Waals surface area contributed by atoms with Gasteiger partial charge in [-0.05, 0) is 59.4 Å². The van der Waals surface area contributed by atoms with Crippen molar-refractivity contribution in [2.75, 3.05) is 6.54 Å². The van der Waals surface area contributed by atoms with Crippen molar-refractivity contribution < 1.29 is 9.53 Å². The lowest BCUT2D eigenvalue weighted by atomic mass is 9.91. The van der Waals surface area contributed by atoms with Gasteiger partial charge in [-0.15, -0.1) is 0 Å². The van der Waals surface area contributed by atoms with Gasteiger partial charge in [0.2, 0.25) is 0 Å². The molecule has 3 N–H and O–H groups in total. The minimum absolute atomic E-state index is 0.199. The molecule has 2 rings (SSSR count). The van der Waals surface area contributed by atoms with Crippen LogP contribution in [0.5, 0.6) is 0 Å². The average molecular weight is 323 g/mol. The number of hydrogen-bond acceptors (Lipinski definition) is 5. The van der Waals surface area contributed by atoms with Crippen LogP contribution in [0.4, 0.5) is 4.79 Å². The number of aryl methyl sites for hydroxylation is 1. The number of H-pyrrole nitrogens is 1. The predicted octanol–water partition coefficient (Wildman–Crippen LogP) is 2.16. The Morgan fingerprint density at radius 1 is 1.39 bits per heavy atom. The van der Waals surface area contributed by atoms with Crippen LogP contribution in [0.3, 0.4) is 0 Å². The van der Waals surface area contributed by atoms with E-state index in [4.69, 9.17) is 4.74 Å². The van der Waals surface area contributed by atoms with Crippen molar-refractivity contribution in [3.05, 3.63) is 12.2 Å². The molecule has 1 heterocycles. The van der Waals surface area contributed by atoms with Gasteiger partial charge in [-0.1, -0.05) is 0 Å². The summed E-state index contributed by atoms with van der Waals surface area (Å²) >= 11 is 0. The summed E-state index contributed by atoms with van der Waals surface area (Å²) in [6, 6.07) is 0.656. The molecule has 1 aromatic rings. The number of nitrogens with one attached hydrogen (secondary N) is 3. The molecule has 23 heavy (non-hydrogen) atoms. The number of nitrogens with zero attached hydrogens (tertiary/aromatic N) is 2. The standard InChI is InChI=1S/C16H29N5O2/c1-16(2,3)23-15(22)20-13-7-4-6-12(10-13)17-9-5-8-14-18-11-19-21-14/h11-13,17H,4-10H2,1-3H3,(H,20,22)(H,18,19,21). The first-order chi connectivity index (χ1) is 10.9. The first-order valence-corrected chi connectivity index (χ1v) is 8.49. The van der Waals surface area contributed by atoms with Crippen LogP contribution in [-0.2, 0) is 11.2 Å². The number of hydrogen-bond donors (Lipinski definition) is 3. The number of carbonyl (C=O) groups excluding carboxylic acids is 1. The average Bonchev–Trinajstić information content (AvgIpc) is 2.95. The van der Waals surface area contributed by atoms with Crippen LogP contribution in [0.15, 0.2) is 6.33 Å². The number of aromatic amines is 1. The quantitative estimate of drug-likeness (QED) is 0.698. The Bertz CT molecular complexity index is 469. The van der Waals surface area contributed by atoms with Gasteiger partial charge >= 0.3 is 6.09 Å². The number of aromatic nitrogens is 3. The first-order valence-electron chi connectivity index (χ1n) is 8.49. The Hall–Kier alpha value is -1.63. The fourth-order valence-electron chi connectivity index (χ4n) is 2.89. The monoisotopic (exact) mass is 323 g/mol. The summed E-state index contributed by atoms with van der Waals surface area (Å²) in [7, 11) is 0. The predicted molar refractivity (Wildman–Crippen MR) is 88.1 cm³/mol. The summed E-state index contributed by atoms with van der Waals surface area (Å²) < 4.78 is 5.33. The molecule has 1 aliphatic rings. The van der Waals surface area contributed by atoms with Crippen molar-refractivity contribution in [2.24, 2.45) is 0 Å². The number of ether oxygens (including phenoxy) is 1. The molecule has 0 radical (unpaired) electrons. The number of alkyl carbamates (subject to hydrolysis) is 1. The van der Waals surface area contributed by atoms with E-state index in [0.29, 0.717) is 6.04 Å². The lowest BCUT2D eigenvalue weighted by molar-refractivity contribution is 0.0488. The van der Waals surface area contributed by atoms with E-state index in [1.165, 1.54) is 6.33 Å². The van der Waals surface area contributed by atoms with E-state index in [9.17, 15) is 4.79 Å². The molecular formula is C16H29N5O2. The molecule has 2 unspecified atom stereocenters. The number of amides is 1. The van der Waals surface area contributed by atoms with Crippen LogP contribution in [0, 0.1) is 0 Å². The molecule has 7 nitrogen and oxygen atoms in total. The van der Waals surface area contributed by atoms with Crippen LogP contribution >= 0.6 is 0 Å². The van der Waals surface area contributed by atoms with Gasteiger partial charge in [0, 0.05) is 18.5 Å². The maximum Gasteiger partial charge on any atom is 0.407 e. The molecule has 1 saturated carbocycles. The summed E-state index contributed by atoms with van der Waals surface area (Å²) in [5, 5.41) is 13.3. The van der Waals surface area contributed by atoms with E-state index in [1.54, 1.807) is 0 Å². The molecule has 1 aliphatic carbocycles. The molecule has 0 spiro atoms. The minimum Gasteiger partial charge on any atom is -0.444 e. The van der Waals surface area contributed by atoms with Crippen molar-refractivity contribution in [3.63, 3.8) is 0 Å². The Morgan fingerprint density at radius 3 is 2.87 bits per heavy atom. The second kappa shape index (κ2) is 8.29. The zero-order chi connectivity index (χ0) is 16.7. The summed E-state index contributed by atoms with van der Waals surface area (Å²) in [5.74, 6) is 0.930. The highest BCUT2D eigenvalue weighted by Crippen LogP contribution is 2.19. The lowest BCUT2D eigenvalue weighted by Crippen LogP contribution is -2.45. The van der Waals surface area contributed by atoms with E-state index in [1.807, 2.05) is 20.8 Å². The lowest BCUT2D eigenvalue weighted by Gasteiger charge is -2.31. The normalized spacial score (nSPS) is 21.9. The highest BCUT2D eigenvalue weighted by atomic mass is 16.6. The number of rotatable bonds is 6. The van der Waals surface area contributed by atoms with Crippen LogP contribution in [0.25, 0.3) is 0 Å². The van der Waals surface area contributed by atoms with Crippen molar-refractivity contribution in [1.29, 1.82) is 0 Å². The van der Waals surface area contributed by atoms with E-state index in [2.05, 4.69) is 25.8 Å². The highest BCUT2D eigenvalue weighted by Gasteiger charge is 2.25. The van der Waals surface area contributed by atoms with Crippen LogP contribution in [0.1, 0.15) is 58.7 Å². The maximum absolute atomic E-state index is 11.9. The molecule has 0 saturated heterocycles. The first kappa shape index (κ1) is 17.7. The summed E-state index contributed by atoms with van der Waals surface area (Å²) in [6.45, 7) is 6.59. The van der Waals surface area contributed by atoms with Crippen LogP contribution in [-0.4, -0.2) is 45.5 Å². The second-order valence-corrected chi connectivity index (χ2v) is 7.20. The van der Waals surface area contributed by atoms with Gasteiger partial charge in [0.1, 0.15) is 17.8 Å². The molecule has 0 aliphatic heterocycles. The topological polar surface area (TPSA) is 91.9 Å². The van der Waals surface area contributed by atoms with Gasteiger partial charge in [-0.25, -0.2) is 9.78 Å². The smallest absolute Gasteiger partial charge is 0.407 e. The van der Waals surface area contributed by atoms with Gasteiger partial charge in [-0.3, -0.25) is 5.10 Å². The maximum atomic E-state index is 11.9. The second-order valence-electron chi connectivity index (χ2n) is 7.20. The third-order valence-electron chi connectivity index (χ3n) is 3.88. The molecule has 0 aromatic carbocycles. The van der Waals surface area contributed by atoms with Crippen molar-refractivity contribution in [2.45, 2.75) is 77.0 Å². The van der Waals surface area contributed by atoms with Gasteiger partial charge in [-0.2, -0.15) is 5.10 Å². The molecule has 1 aromatic heterocycles. The van der Waals surface area contributed by atoms with E-state index in [-0.39, 0.29) is 12.1 Å². The summed E-state index contributed by atoms with van der Waals surface area (Å²) in [5.41, 5.74) is -0.447. The summed E-state index contributed by atoms with van der Waals surface area (Å²) in [6.07, 6.45) is 7.42. The Labute approximate surface area is 138 Å². The third-order valence-corrected chi connectivity index (χ3v) is 3.88. The molecule has 7 heteroatoms. The molecule has 2 atom stereocenters. The van der Waals surface area contributed by atoms with Crippen LogP contribution < -0.4 is 10.6 Å². The SMILES string of the molecule is CC(C)(C)OC(=O)NC1CCCC(NCCCc2ncn[nH]2)C1. The summed E-state index contributed by atoms with van der Waals surface area (Å²) in [4.78, 5) is 16.0. The number of carbonyl (C=O) groups is 1. The fraction of sp³-hybridized carbons (Fsp3) is 0.812. The Balaban J connectivity index is 1.63.